The number of aromatic nitrogens is 4. The summed E-state index contributed by atoms with van der Waals surface area (Å²) in [5, 5.41) is 11.6. The maximum absolute atomic E-state index is 13.8. The van der Waals surface area contributed by atoms with Crippen LogP contribution in [-0.4, -0.2) is 47.0 Å². The third kappa shape index (κ3) is 3.69. The van der Waals surface area contributed by atoms with Gasteiger partial charge in [-0.15, -0.1) is 0 Å². The molecule has 5 rings (SSSR count). The highest BCUT2D eigenvalue weighted by molar-refractivity contribution is 7.89. The number of sulfonamides is 1. The minimum Gasteiger partial charge on any atom is -0.322 e. The quantitative estimate of drug-likeness (QED) is 0.404. The second-order valence-electron chi connectivity index (χ2n) is 7.58. The molecule has 3 aromatic carbocycles. The Morgan fingerprint density at radius 3 is 2.48 bits per heavy atom. The fourth-order valence-corrected chi connectivity index (χ4v) is 4.64. The highest BCUT2D eigenvalue weighted by Crippen LogP contribution is 2.32. The van der Waals surface area contributed by atoms with Crippen molar-refractivity contribution in [2.45, 2.75) is 4.90 Å². The summed E-state index contributed by atoms with van der Waals surface area (Å²) >= 11 is 0. The molecule has 0 radical (unpaired) electrons. The van der Waals surface area contributed by atoms with E-state index in [1.165, 1.54) is 32.3 Å². The molecule has 2 heterocycles. The highest BCUT2D eigenvalue weighted by atomic mass is 32.2. The van der Waals surface area contributed by atoms with E-state index in [0.29, 0.717) is 39.0 Å². The molecule has 10 heteroatoms. The molecule has 0 aliphatic rings. The molecule has 0 aliphatic heterocycles. The van der Waals surface area contributed by atoms with E-state index in [1.54, 1.807) is 24.3 Å². The van der Waals surface area contributed by atoms with Gasteiger partial charge < -0.3 is 5.32 Å². The van der Waals surface area contributed by atoms with Gasteiger partial charge in [0.25, 0.3) is 0 Å². The van der Waals surface area contributed by atoms with Crippen LogP contribution in [0.15, 0.2) is 71.6 Å². The first-order chi connectivity index (χ1) is 15.8. The lowest BCUT2D eigenvalue weighted by molar-refractivity contribution is 0.521. The van der Waals surface area contributed by atoms with Gasteiger partial charge in [-0.05, 0) is 42.5 Å². The van der Waals surface area contributed by atoms with Gasteiger partial charge in [0.2, 0.25) is 10.0 Å². The molecule has 0 aliphatic carbocycles. The number of hydrogen-bond acceptors (Lipinski definition) is 6. The van der Waals surface area contributed by atoms with Crippen molar-refractivity contribution in [2.24, 2.45) is 0 Å². The molecule has 2 aromatic heterocycles. The van der Waals surface area contributed by atoms with Crippen molar-refractivity contribution in [3.05, 3.63) is 72.5 Å². The van der Waals surface area contributed by atoms with Gasteiger partial charge in [-0.2, -0.15) is 5.10 Å². The van der Waals surface area contributed by atoms with Crippen LogP contribution in [-0.2, 0) is 10.0 Å². The molecule has 0 saturated carbocycles. The van der Waals surface area contributed by atoms with Crippen molar-refractivity contribution < 1.29 is 12.8 Å². The van der Waals surface area contributed by atoms with Crippen LogP contribution in [0.25, 0.3) is 33.2 Å². The van der Waals surface area contributed by atoms with Crippen LogP contribution in [0.1, 0.15) is 0 Å². The lowest BCUT2D eigenvalue weighted by atomic mass is 10.1. The summed E-state index contributed by atoms with van der Waals surface area (Å²) in [4.78, 5) is 9.38. The Morgan fingerprint density at radius 1 is 0.909 bits per heavy atom. The van der Waals surface area contributed by atoms with Crippen LogP contribution in [0.3, 0.4) is 0 Å². The van der Waals surface area contributed by atoms with Gasteiger partial charge in [0.05, 0.1) is 15.9 Å². The average molecular weight is 463 g/mol. The van der Waals surface area contributed by atoms with Crippen molar-refractivity contribution in [1.29, 1.82) is 0 Å². The van der Waals surface area contributed by atoms with Crippen molar-refractivity contribution in [2.75, 3.05) is 19.4 Å². The second kappa shape index (κ2) is 7.91. The number of hydrogen-bond donors (Lipinski definition) is 2. The van der Waals surface area contributed by atoms with E-state index >= 15 is 0 Å². The molecule has 0 atom stereocenters. The Morgan fingerprint density at radius 2 is 1.67 bits per heavy atom. The summed E-state index contributed by atoms with van der Waals surface area (Å²) in [5.41, 5.74) is 1.66. The van der Waals surface area contributed by atoms with Crippen LogP contribution in [0.4, 0.5) is 16.0 Å². The Labute approximate surface area is 189 Å². The summed E-state index contributed by atoms with van der Waals surface area (Å²) in [6, 6.07) is 18.3. The van der Waals surface area contributed by atoms with Gasteiger partial charge in [0.15, 0.2) is 11.6 Å². The third-order valence-electron chi connectivity index (χ3n) is 5.25. The number of fused-ring (bicyclic) bond motifs is 2. The Balaban J connectivity index is 1.71. The van der Waals surface area contributed by atoms with Crippen LogP contribution >= 0.6 is 0 Å². The van der Waals surface area contributed by atoms with E-state index in [9.17, 15) is 12.8 Å². The standard InChI is InChI=1S/C23H19FN6O2S/c1-30(2)33(31,32)20-10-6-4-8-16(20)22-25-18-9-5-3-7-15(18)21(26-22)27-23-17-13-14(24)11-12-19(17)28-29-23/h3-13H,1-2H3,(H2,25,26,27,28,29). The van der Waals surface area contributed by atoms with Crippen molar-refractivity contribution in [3.63, 3.8) is 0 Å². The van der Waals surface area contributed by atoms with E-state index in [1.807, 2.05) is 24.3 Å². The summed E-state index contributed by atoms with van der Waals surface area (Å²) in [5.74, 6) is 0.671. The molecule has 0 bridgehead atoms. The number of benzene rings is 3. The fraction of sp³-hybridized carbons (Fsp3) is 0.0870. The Kier molecular flexibility index (Phi) is 5.03. The summed E-state index contributed by atoms with van der Waals surface area (Å²) < 4.78 is 40.8. The van der Waals surface area contributed by atoms with E-state index in [-0.39, 0.29) is 16.5 Å². The van der Waals surface area contributed by atoms with E-state index in [2.05, 4.69) is 25.5 Å². The monoisotopic (exact) mass is 462 g/mol. The first-order valence-electron chi connectivity index (χ1n) is 10.0. The summed E-state index contributed by atoms with van der Waals surface area (Å²) in [7, 11) is -0.783. The molecule has 166 valence electrons. The van der Waals surface area contributed by atoms with Gasteiger partial charge in [0, 0.05) is 30.4 Å². The molecule has 5 aromatic rings. The number of para-hydroxylation sites is 1. The molecule has 0 unspecified atom stereocenters. The van der Waals surface area contributed by atoms with Crippen LogP contribution in [0, 0.1) is 5.82 Å². The number of aromatic amines is 1. The average Bonchev–Trinajstić information content (AvgIpc) is 3.20. The maximum Gasteiger partial charge on any atom is 0.243 e. The molecule has 0 amide bonds. The van der Waals surface area contributed by atoms with Gasteiger partial charge in [-0.25, -0.2) is 27.1 Å². The van der Waals surface area contributed by atoms with E-state index < -0.39 is 10.0 Å². The van der Waals surface area contributed by atoms with E-state index in [4.69, 9.17) is 0 Å². The Bertz CT molecular complexity index is 1610. The maximum atomic E-state index is 13.8. The highest BCUT2D eigenvalue weighted by Gasteiger charge is 2.23. The van der Waals surface area contributed by atoms with E-state index in [0.717, 1.165) is 4.31 Å². The molecule has 2 N–H and O–H groups in total. The Hall–Kier alpha value is -3.89. The van der Waals surface area contributed by atoms with Gasteiger partial charge in [0.1, 0.15) is 11.6 Å². The van der Waals surface area contributed by atoms with Crippen molar-refractivity contribution >= 4 is 43.5 Å². The molecule has 0 fully saturated rings. The molecule has 0 saturated heterocycles. The number of H-pyrrole nitrogens is 1. The first kappa shape index (κ1) is 21.0. The molecule has 0 spiro atoms. The third-order valence-corrected chi connectivity index (χ3v) is 7.12. The predicted octanol–water partition coefficient (Wildman–Crippen LogP) is 4.31. The minimum atomic E-state index is -3.73. The lowest BCUT2D eigenvalue weighted by Crippen LogP contribution is -2.23. The van der Waals surface area contributed by atoms with Crippen LogP contribution in [0.5, 0.6) is 0 Å². The predicted molar refractivity (Wildman–Crippen MR) is 125 cm³/mol. The topological polar surface area (TPSA) is 104 Å². The lowest BCUT2D eigenvalue weighted by Gasteiger charge is -2.15. The number of halogens is 1. The van der Waals surface area contributed by atoms with Crippen LogP contribution in [0.2, 0.25) is 0 Å². The zero-order valence-electron chi connectivity index (χ0n) is 17.7. The normalized spacial score (nSPS) is 12.0. The number of nitrogens with zero attached hydrogens (tertiary/aromatic N) is 4. The zero-order valence-corrected chi connectivity index (χ0v) is 18.6. The molecular weight excluding hydrogens is 443 g/mol. The van der Waals surface area contributed by atoms with Gasteiger partial charge in [-0.3, -0.25) is 5.10 Å². The van der Waals surface area contributed by atoms with Gasteiger partial charge >= 0.3 is 0 Å². The van der Waals surface area contributed by atoms with Crippen LogP contribution < -0.4 is 5.32 Å². The number of anilines is 2. The fourth-order valence-electron chi connectivity index (χ4n) is 3.56. The summed E-state index contributed by atoms with van der Waals surface area (Å²) in [6.45, 7) is 0. The summed E-state index contributed by atoms with van der Waals surface area (Å²) in [6.07, 6.45) is 0. The minimum absolute atomic E-state index is 0.100. The zero-order chi connectivity index (χ0) is 23.2. The SMILES string of the molecule is CN(C)S(=O)(=O)c1ccccc1-c1nc(Nc2n[nH]c3ccc(F)cc23)c2ccccc2n1. The molecule has 33 heavy (non-hydrogen) atoms. The first-order valence-corrected chi connectivity index (χ1v) is 11.5. The smallest absolute Gasteiger partial charge is 0.243 e. The van der Waals surface area contributed by atoms with Gasteiger partial charge in [-0.1, -0.05) is 24.3 Å². The van der Waals surface area contributed by atoms with Crippen molar-refractivity contribution in [1.82, 2.24) is 24.5 Å². The largest absolute Gasteiger partial charge is 0.322 e. The molecular formula is C23H19FN6O2S. The second-order valence-corrected chi connectivity index (χ2v) is 9.70. The molecule has 8 nitrogen and oxygen atoms in total. The number of nitrogens with one attached hydrogen (secondary N) is 2. The van der Waals surface area contributed by atoms with Crippen molar-refractivity contribution in [3.8, 4) is 11.4 Å². The number of rotatable bonds is 5.